The Morgan fingerprint density at radius 2 is 2.18 bits per heavy atom. The van der Waals surface area contributed by atoms with Gasteiger partial charge in [-0.15, -0.1) is 0 Å². The van der Waals surface area contributed by atoms with E-state index in [1.54, 1.807) is 0 Å². The molecule has 4 heteroatoms. The molecule has 0 saturated carbocycles. The zero-order valence-corrected chi connectivity index (χ0v) is 5.83. The summed E-state index contributed by atoms with van der Waals surface area (Å²) in [7, 11) is 1.19. The highest BCUT2D eigenvalue weighted by atomic mass is 16.5. The largest absolute Gasteiger partial charge is 0.478 e. The Morgan fingerprint density at radius 1 is 1.55 bits per heavy atom. The predicted octanol–water partition coefficient (Wildman–Crippen LogP) is -0.196. The Balaban J connectivity index is 3.91. The fourth-order valence-corrected chi connectivity index (χ4v) is 0.265. The topological polar surface area (TPSA) is 63.6 Å². The van der Waals surface area contributed by atoms with Crippen molar-refractivity contribution in [1.82, 2.24) is 0 Å². The molecule has 0 aromatic rings. The monoisotopic (exact) mass is 154 g/mol. The fourth-order valence-electron chi connectivity index (χ4n) is 0.265. The van der Waals surface area contributed by atoms with Crippen LogP contribution >= 0.6 is 0 Å². The van der Waals surface area contributed by atoms with Crippen molar-refractivity contribution in [3.05, 3.63) is 12.2 Å². The normalized spacial score (nSPS) is 8.45. The minimum Gasteiger partial charge on any atom is -0.478 e. The van der Waals surface area contributed by atoms with Crippen LogP contribution in [0.1, 0.15) is 0 Å². The van der Waals surface area contributed by atoms with Gasteiger partial charge in [-0.3, -0.25) is 0 Å². The number of aliphatic carboxylic acids is 1. The molecule has 58 valence electrons. The Labute approximate surface area is 63.5 Å². The number of carbonyl (C=O) groups excluding carboxylic acids is 1. The second-order valence-electron chi connectivity index (χ2n) is 1.43. The third-order valence-corrected chi connectivity index (χ3v) is 0.669. The first-order chi connectivity index (χ1) is 5.16. The van der Waals surface area contributed by atoms with Gasteiger partial charge in [-0.25, -0.2) is 9.59 Å². The highest BCUT2D eigenvalue weighted by Gasteiger charge is 1.86. The zero-order valence-electron chi connectivity index (χ0n) is 5.83. The molecule has 0 aromatic heterocycles. The fraction of sp³-hybridized carbons (Fsp3) is 0.143. The molecule has 0 radical (unpaired) electrons. The first kappa shape index (κ1) is 9.24. The van der Waals surface area contributed by atoms with Crippen molar-refractivity contribution in [2.75, 3.05) is 7.11 Å². The van der Waals surface area contributed by atoms with Crippen LogP contribution < -0.4 is 0 Å². The average Bonchev–Trinajstić information content (AvgIpc) is 1.97. The third-order valence-electron chi connectivity index (χ3n) is 0.669. The lowest BCUT2D eigenvalue weighted by molar-refractivity contribution is -0.134. The lowest BCUT2D eigenvalue weighted by Crippen LogP contribution is -1.93. The van der Waals surface area contributed by atoms with Crippen molar-refractivity contribution in [2.24, 2.45) is 0 Å². The molecule has 0 unspecified atom stereocenters. The average molecular weight is 154 g/mol. The molecule has 1 N–H and O–H groups in total. The molecule has 0 spiro atoms. The lowest BCUT2D eigenvalue weighted by atomic mass is 10.5. The molecule has 0 aliphatic carbocycles. The molecule has 0 saturated heterocycles. The second kappa shape index (κ2) is 5.06. The van der Waals surface area contributed by atoms with Crippen molar-refractivity contribution in [3.63, 3.8) is 0 Å². The number of allylic oxidation sites excluding steroid dienone is 1. The lowest BCUT2D eigenvalue weighted by Gasteiger charge is -1.81. The molecule has 0 rings (SSSR count). The van der Waals surface area contributed by atoms with E-state index in [1.807, 2.05) is 5.92 Å². The number of methoxy groups -OCH3 is 1. The maximum Gasteiger partial charge on any atom is 0.384 e. The number of carboxylic acids is 1. The Bertz CT molecular complexity index is 241. The number of esters is 1. The third kappa shape index (κ3) is 6.12. The van der Waals surface area contributed by atoms with Gasteiger partial charge in [-0.05, 0) is 6.08 Å². The summed E-state index contributed by atoms with van der Waals surface area (Å²) in [6, 6.07) is 0. The van der Waals surface area contributed by atoms with E-state index < -0.39 is 11.9 Å². The van der Waals surface area contributed by atoms with Gasteiger partial charge in [0.1, 0.15) is 0 Å². The Morgan fingerprint density at radius 3 is 2.64 bits per heavy atom. The van der Waals surface area contributed by atoms with E-state index in [4.69, 9.17) is 5.11 Å². The minimum absolute atomic E-state index is 0.694. The van der Waals surface area contributed by atoms with Gasteiger partial charge in [-0.1, -0.05) is 5.92 Å². The maximum absolute atomic E-state index is 10.3. The molecule has 0 fully saturated rings. The first-order valence-corrected chi connectivity index (χ1v) is 2.65. The van der Waals surface area contributed by atoms with E-state index in [0.717, 1.165) is 12.2 Å². The van der Waals surface area contributed by atoms with Gasteiger partial charge in [0.15, 0.2) is 0 Å². The summed E-state index contributed by atoms with van der Waals surface area (Å²) in [4.78, 5) is 20.1. The van der Waals surface area contributed by atoms with Crippen LogP contribution in [-0.2, 0) is 14.3 Å². The van der Waals surface area contributed by atoms with Crippen LogP contribution in [0, 0.1) is 11.8 Å². The second-order valence-corrected chi connectivity index (χ2v) is 1.43. The van der Waals surface area contributed by atoms with Crippen molar-refractivity contribution in [3.8, 4) is 11.8 Å². The van der Waals surface area contributed by atoms with Crippen LogP contribution in [-0.4, -0.2) is 24.2 Å². The summed E-state index contributed by atoms with van der Waals surface area (Å²) in [6.45, 7) is 0. The molecular weight excluding hydrogens is 148 g/mol. The number of hydrogen-bond acceptors (Lipinski definition) is 3. The molecule has 0 atom stereocenters. The number of carbonyl (C=O) groups is 2. The predicted molar refractivity (Wildman–Crippen MR) is 36.6 cm³/mol. The molecular formula is C7H6O4. The standard InChI is InChI=1S/C7H6O4/c1-11-7(10)5-3-2-4-6(8)9/h2,4H,1H3,(H,8,9)/b4-2+. The molecule has 0 heterocycles. The highest BCUT2D eigenvalue weighted by Crippen LogP contribution is 1.71. The molecule has 11 heavy (non-hydrogen) atoms. The van der Waals surface area contributed by atoms with Crippen LogP contribution in [0.2, 0.25) is 0 Å². The summed E-state index contributed by atoms with van der Waals surface area (Å²) < 4.78 is 4.16. The van der Waals surface area contributed by atoms with E-state index in [0.29, 0.717) is 0 Å². The molecule has 0 aromatic carbocycles. The summed E-state index contributed by atoms with van der Waals surface area (Å²) in [5.74, 6) is 2.41. The Hall–Kier alpha value is -1.76. The van der Waals surface area contributed by atoms with Crippen molar-refractivity contribution in [2.45, 2.75) is 0 Å². The maximum atomic E-state index is 10.3. The van der Waals surface area contributed by atoms with Crippen LogP contribution in [0.15, 0.2) is 12.2 Å². The van der Waals surface area contributed by atoms with Gasteiger partial charge >= 0.3 is 11.9 Å². The van der Waals surface area contributed by atoms with Gasteiger partial charge in [0.05, 0.1) is 7.11 Å². The van der Waals surface area contributed by atoms with Crippen molar-refractivity contribution < 1.29 is 19.4 Å². The van der Waals surface area contributed by atoms with E-state index in [9.17, 15) is 9.59 Å². The number of hydrogen-bond donors (Lipinski definition) is 1. The van der Waals surface area contributed by atoms with Gasteiger partial charge in [-0.2, -0.15) is 0 Å². The summed E-state index contributed by atoms with van der Waals surface area (Å²) in [5, 5.41) is 8.07. The van der Waals surface area contributed by atoms with Gasteiger partial charge in [0, 0.05) is 12.0 Å². The minimum atomic E-state index is -1.11. The molecule has 0 aliphatic rings. The first-order valence-electron chi connectivity index (χ1n) is 2.65. The van der Waals surface area contributed by atoms with E-state index in [2.05, 4.69) is 10.7 Å². The van der Waals surface area contributed by atoms with Crippen molar-refractivity contribution in [1.29, 1.82) is 0 Å². The zero-order chi connectivity index (χ0) is 8.69. The van der Waals surface area contributed by atoms with Crippen LogP contribution in [0.5, 0.6) is 0 Å². The highest BCUT2D eigenvalue weighted by molar-refractivity contribution is 5.89. The quantitative estimate of drug-likeness (QED) is 0.246. The van der Waals surface area contributed by atoms with E-state index >= 15 is 0 Å². The van der Waals surface area contributed by atoms with E-state index in [-0.39, 0.29) is 0 Å². The summed E-state index contributed by atoms with van der Waals surface area (Å²) >= 11 is 0. The van der Waals surface area contributed by atoms with Crippen molar-refractivity contribution >= 4 is 11.9 Å². The molecule has 4 nitrogen and oxygen atoms in total. The summed E-state index contributed by atoms with van der Waals surface area (Å²) in [5.41, 5.74) is 0. The number of rotatable bonds is 1. The number of ether oxygens (including phenoxy) is 1. The molecule has 0 amide bonds. The van der Waals surface area contributed by atoms with Gasteiger partial charge in [0.2, 0.25) is 0 Å². The molecule has 0 aliphatic heterocycles. The van der Waals surface area contributed by atoms with Gasteiger partial charge < -0.3 is 9.84 Å². The molecule has 0 bridgehead atoms. The number of carboxylic acid groups (broad SMARTS) is 1. The Kier molecular flexibility index (Phi) is 4.25. The smallest absolute Gasteiger partial charge is 0.384 e. The van der Waals surface area contributed by atoms with Crippen LogP contribution in [0.3, 0.4) is 0 Å². The van der Waals surface area contributed by atoms with Crippen LogP contribution in [0.4, 0.5) is 0 Å². The SMILES string of the molecule is COC(=O)C#C/C=C/C(=O)O. The van der Waals surface area contributed by atoms with E-state index in [1.165, 1.54) is 7.11 Å². The summed E-state index contributed by atoms with van der Waals surface area (Å²) in [6.07, 6.45) is 1.88. The van der Waals surface area contributed by atoms with Crippen LogP contribution in [0.25, 0.3) is 0 Å². The van der Waals surface area contributed by atoms with Gasteiger partial charge in [0.25, 0.3) is 0 Å².